The van der Waals surface area contributed by atoms with Gasteiger partial charge in [-0.15, -0.1) is 0 Å². The Kier molecular flexibility index (Phi) is 3.94. The number of aromatic nitrogens is 1. The summed E-state index contributed by atoms with van der Waals surface area (Å²) in [6.07, 6.45) is 3.84. The van der Waals surface area contributed by atoms with Gasteiger partial charge in [-0.25, -0.2) is 0 Å². The molecular weight excluding hydrogens is 242 g/mol. The molecule has 1 aliphatic rings. The molecule has 19 heavy (non-hydrogen) atoms. The number of nitrogens with two attached hydrogens (primary N) is 1. The van der Waals surface area contributed by atoms with Crippen LogP contribution >= 0.6 is 0 Å². The van der Waals surface area contributed by atoms with Gasteiger partial charge < -0.3 is 15.6 Å². The lowest BCUT2D eigenvalue weighted by Gasteiger charge is -2.40. The van der Waals surface area contributed by atoms with Crippen LogP contribution in [0.3, 0.4) is 0 Å². The van der Waals surface area contributed by atoms with Gasteiger partial charge in [0.1, 0.15) is 5.76 Å². The molecule has 0 aliphatic heterocycles. The Balaban J connectivity index is 1.95. The Morgan fingerprint density at radius 2 is 2.21 bits per heavy atom. The Hall–Kier alpha value is -1.36. The van der Waals surface area contributed by atoms with Crippen molar-refractivity contribution in [3.63, 3.8) is 0 Å². The average molecular weight is 265 g/mol. The lowest BCUT2D eigenvalue weighted by atomic mass is 9.66. The second kappa shape index (κ2) is 5.33. The van der Waals surface area contributed by atoms with Crippen LogP contribution in [-0.2, 0) is 4.79 Å². The Morgan fingerprint density at radius 3 is 2.63 bits per heavy atom. The molecule has 3 N–H and O–H groups in total. The quantitative estimate of drug-likeness (QED) is 0.853. The molecule has 1 aliphatic carbocycles. The average Bonchev–Trinajstić information content (AvgIpc) is 2.63. The zero-order valence-corrected chi connectivity index (χ0v) is 12.0. The predicted molar refractivity (Wildman–Crippen MR) is 72.5 cm³/mol. The van der Waals surface area contributed by atoms with Crippen molar-refractivity contribution in [2.24, 2.45) is 11.1 Å². The molecule has 106 valence electrons. The monoisotopic (exact) mass is 265 g/mol. The van der Waals surface area contributed by atoms with E-state index in [2.05, 4.69) is 10.5 Å². The molecule has 1 atom stereocenters. The van der Waals surface area contributed by atoms with Gasteiger partial charge in [-0.2, -0.15) is 0 Å². The maximum Gasteiger partial charge on any atom is 0.221 e. The standard InChI is InChI=1S/C14H23N3O2/c1-9(13-10(2)17-19-11(13)3)16-12(18)7-14(8-15)5-4-6-14/h9H,4-8,15H2,1-3H3,(H,16,18). The molecule has 1 heterocycles. The number of carbonyl (C=O) groups is 1. The number of aryl methyl sites for hydroxylation is 2. The SMILES string of the molecule is Cc1noc(C)c1C(C)NC(=O)CC1(CN)CCC1. The van der Waals surface area contributed by atoms with Gasteiger partial charge in [0.25, 0.3) is 0 Å². The molecular formula is C14H23N3O2. The fraction of sp³-hybridized carbons (Fsp3) is 0.714. The molecule has 1 aromatic rings. The maximum absolute atomic E-state index is 12.1. The highest BCUT2D eigenvalue weighted by Gasteiger charge is 2.37. The molecule has 1 amide bonds. The van der Waals surface area contributed by atoms with Crippen molar-refractivity contribution in [1.82, 2.24) is 10.5 Å². The Labute approximate surface area is 113 Å². The lowest BCUT2D eigenvalue weighted by Crippen LogP contribution is -2.42. The van der Waals surface area contributed by atoms with Gasteiger partial charge in [0.05, 0.1) is 11.7 Å². The van der Waals surface area contributed by atoms with E-state index in [1.807, 2.05) is 20.8 Å². The van der Waals surface area contributed by atoms with Crippen LogP contribution in [0.4, 0.5) is 0 Å². The van der Waals surface area contributed by atoms with Crippen molar-refractivity contribution in [2.75, 3.05) is 6.54 Å². The second-order valence-electron chi connectivity index (χ2n) is 5.76. The zero-order chi connectivity index (χ0) is 14.0. The van der Waals surface area contributed by atoms with E-state index in [9.17, 15) is 4.79 Å². The number of amides is 1. The van der Waals surface area contributed by atoms with Crippen LogP contribution in [0.15, 0.2) is 4.52 Å². The van der Waals surface area contributed by atoms with Gasteiger partial charge >= 0.3 is 0 Å². The van der Waals surface area contributed by atoms with Crippen LogP contribution < -0.4 is 11.1 Å². The molecule has 1 unspecified atom stereocenters. The fourth-order valence-electron chi connectivity index (χ4n) is 2.94. The number of carbonyl (C=O) groups excluding carboxylic acids is 1. The molecule has 0 radical (unpaired) electrons. The van der Waals surface area contributed by atoms with Gasteiger partial charge in [-0.3, -0.25) is 4.79 Å². The Bertz CT molecular complexity index is 438. The number of rotatable bonds is 5. The minimum Gasteiger partial charge on any atom is -0.361 e. The van der Waals surface area contributed by atoms with Gasteiger partial charge in [0.15, 0.2) is 0 Å². The molecule has 1 aromatic heterocycles. The van der Waals surface area contributed by atoms with Crippen molar-refractivity contribution < 1.29 is 9.32 Å². The summed E-state index contributed by atoms with van der Waals surface area (Å²) >= 11 is 0. The topological polar surface area (TPSA) is 81.2 Å². The minimum absolute atomic E-state index is 0.0442. The first kappa shape index (κ1) is 14.1. The molecule has 1 fully saturated rings. The number of nitrogens with one attached hydrogen (secondary N) is 1. The van der Waals surface area contributed by atoms with Gasteiger partial charge in [0, 0.05) is 12.0 Å². The summed E-state index contributed by atoms with van der Waals surface area (Å²) in [7, 11) is 0. The summed E-state index contributed by atoms with van der Waals surface area (Å²) in [5.74, 6) is 0.833. The summed E-state index contributed by atoms with van der Waals surface area (Å²) < 4.78 is 5.13. The third-order valence-corrected chi connectivity index (χ3v) is 4.28. The fourth-order valence-corrected chi connectivity index (χ4v) is 2.94. The van der Waals surface area contributed by atoms with E-state index in [0.717, 1.165) is 29.9 Å². The molecule has 5 nitrogen and oxygen atoms in total. The van der Waals surface area contributed by atoms with Gasteiger partial charge in [-0.1, -0.05) is 11.6 Å². The van der Waals surface area contributed by atoms with Crippen molar-refractivity contribution in [3.8, 4) is 0 Å². The molecule has 0 bridgehead atoms. The lowest BCUT2D eigenvalue weighted by molar-refractivity contribution is -0.125. The van der Waals surface area contributed by atoms with E-state index in [0.29, 0.717) is 13.0 Å². The van der Waals surface area contributed by atoms with E-state index < -0.39 is 0 Å². The third-order valence-electron chi connectivity index (χ3n) is 4.28. The van der Waals surface area contributed by atoms with Crippen molar-refractivity contribution in [3.05, 3.63) is 17.0 Å². The zero-order valence-electron chi connectivity index (χ0n) is 12.0. The van der Waals surface area contributed by atoms with E-state index in [4.69, 9.17) is 10.3 Å². The first-order valence-electron chi connectivity index (χ1n) is 6.90. The Morgan fingerprint density at radius 1 is 1.53 bits per heavy atom. The maximum atomic E-state index is 12.1. The van der Waals surface area contributed by atoms with Crippen LogP contribution in [0.5, 0.6) is 0 Å². The molecule has 0 spiro atoms. The predicted octanol–water partition coefficient (Wildman–Crippen LogP) is 1.99. The van der Waals surface area contributed by atoms with Crippen molar-refractivity contribution >= 4 is 5.91 Å². The summed E-state index contributed by atoms with van der Waals surface area (Å²) in [6, 6.07) is -0.0753. The number of nitrogens with zero attached hydrogens (tertiary/aromatic N) is 1. The van der Waals surface area contributed by atoms with E-state index in [1.54, 1.807) is 0 Å². The summed E-state index contributed by atoms with van der Waals surface area (Å²) in [5, 5.41) is 6.94. The summed E-state index contributed by atoms with van der Waals surface area (Å²) in [4.78, 5) is 12.1. The van der Waals surface area contributed by atoms with Crippen molar-refractivity contribution in [1.29, 1.82) is 0 Å². The smallest absolute Gasteiger partial charge is 0.221 e. The van der Waals surface area contributed by atoms with Gasteiger partial charge in [-0.05, 0) is 45.6 Å². The van der Waals surface area contributed by atoms with Crippen molar-refractivity contribution in [2.45, 2.75) is 52.5 Å². The van der Waals surface area contributed by atoms with E-state index in [1.165, 1.54) is 6.42 Å². The van der Waals surface area contributed by atoms with E-state index in [-0.39, 0.29) is 17.4 Å². The first-order valence-corrected chi connectivity index (χ1v) is 6.90. The highest BCUT2D eigenvalue weighted by atomic mass is 16.5. The third kappa shape index (κ3) is 2.81. The molecule has 0 saturated heterocycles. The highest BCUT2D eigenvalue weighted by Crippen LogP contribution is 2.42. The normalized spacial score (nSPS) is 18.7. The molecule has 1 saturated carbocycles. The molecule has 0 aromatic carbocycles. The summed E-state index contributed by atoms with van der Waals surface area (Å²) in [6.45, 7) is 6.31. The summed E-state index contributed by atoms with van der Waals surface area (Å²) in [5.41, 5.74) is 7.64. The number of hydrogen-bond donors (Lipinski definition) is 2. The van der Waals surface area contributed by atoms with E-state index >= 15 is 0 Å². The van der Waals surface area contributed by atoms with Crippen LogP contribution in [0.2, 0.25) is 0 Å². The van der Waals surface area contributed by atoms with Crippen LogP contribution in [-0.4, -0.2) is 17.6 Å². The number of hydrogen-bond acceptors (Lipinski definition) is 4. The van der Waals surface area contributed by atoms with Crippen LogP contribution in [0, 0.1) is 19.3 Å². The van der Waals surface area contributed by atoms with Gasteiger partial charge in [0.2, 0.25) is 5.91 Å². The molecule has 5 heteroatoms. The minimum atomic E-state index is -0.0753. The first-order chi connectivity index (χ1) is 8.97. The largest absolute Gasteiger partial charge is 0.361 e. The van der Waals surface area contributed by atoms with Crippen LogP contribution in [0.25, 0.3) is 0 Å². The molecule has 2 rings (SSSR count). The second-order valence-corrected chi connectivity index (χ2v) is 5.76. The van der Waals surface area contributed by atoms with Crippen LogP contribution in [0.1, 0.15) is 55.7 Å². The highest BCUT2D eigenvalue weighted by molar-refractivity contribution is 5.77.